The number of aromatic nitrogens is 3. The molecular formula is C15H20N4O. The van der Waals surface area contributed by atoms with E-state index in [1.54, 1.807) is 19.5 Å². The zero-order valence-electron chi connectivity index (χ0n) is 12.6. The normalized spacial score (nSPS) is 10.7. The summed E-state index contributed by atoms with van der Waals surface area (Å²) in [5.74, 6) is 2.65. The molecule has 0 radical (unpaired) electrons. The van der Waals surface area contributed by atoms with Crippen LogP contribution in [0.2, 0.25) is 0 Å². The van der Waals surface area contributed by atoms with Crippen molar-refractivity contribution in [2.75, 3.05) is 19.5 Å². The number of nitrogens with zero attached hydrogens (tertiary/aromatic N) is 3. The van der Waals surface area contributed by atoms with Crippen molar-refractivity contribution in [1.29, 1.82) is 0 Å². The summed E-state index contributed by atoms with van der Waals surface area (Å²) in [6.45, 7) is 6.17. The molecule has 0 amide bonds. The van der Waals surface area contributed by atoms with Crippen LogP contribution in [-0.4, -0.2) is 29.1 Å². The topological polar surface area (TPSA) is 59.9 Å². The number of nitrogens with one attached hydrogen (secondary N) is 1. The molecule has 106 valence electrons. The number of ether oxygens (including phenoxy) is 1. The lowest BCUT2D eigenvalue weighted by Crippen LogP contribution is -2.06. The van der Waals surface area contributed by atoms with Crippen LogP contribution in [0.4, 0.5) is 5.82 Å². The van der Waals surface area contributed by atoms with E-state index in [4.69, 9.17) is 4.74 Å². The average molecular weight is 272 g/mol. The summed E-state index contributed by atoms with van der Waals surface area (Å²) in [4.78, 5) is 13.4. The Balaban J connectivity index is 2.62. The van der Waals surface area contributed by atoms with Gasteiger partial charge in [-0.3, -0.25) is 4.98 Å². The highest BCUT2D eigenvalue weighted by Crippen LogP contribution is 2.28. The molecule has 0 aliphatic heterocycles. The van der Waals surface area contributed by atoms with Crippen LogP contribution in [0.25, 0.3) is 11.3 Å². The van der Waals surface area contributed by atoms with Crippen molar-refractivity contribution >= 4 is 5.82 Å². The van der Waals surface area contributed by atoms with Crippen molar-refractivity contribution in [3.05, 3.63) is 29.8 Å². The van der Waals surface area contributed by atoms with Gasteiger partial charge in [0.05, 0.1) is 19.0 Å². The fraction of sp³-hybridized carbons (Fsp3) is 0.400. The van der Waals surface area contributed by atoms with Crippen molar-refractivity contribution < 1.29 is 4.74 Å². The standard InChI is InChI=1S/C15H20N4O/c1-9(2)14-18-13(10(3)15(16-4)19-14)11-6-12(20-5)8-17-7-11/h6-9H,1-5H3,(H,16,18,19). The monoisotopic (exact) mass is 272 g/mol. The molecule has 0 aliphatic rings. The van der Waals surface area contributed by atoms with Crippen LogP contribution in [-0.2, 0) is 0 Å². The minimum atomic E-state index is 0.264. The lowest BCUT2D eigenvalue weighted by molar-refractivity contribution is 0.413. The van der Waals surface area contributed by atoms with Gasteiger partial charge >= 0.3 is 0 Å². The predicted octanol–water partition coefficient (Wildman–Crippen LogP) is 3.02. The Morgan fingerprint density at radius 1 is 1.20 bits per heavy atom. The number of hydrogen-bond donors (Lipinski definition) is 1. The van der Waals surface area contributed by atoms with Crippen LogP contribution < -0.4 is 10.1 Å². The van der Waals surface area contributed by atoms with Gasteiger partial charge in [-0.1, -0.05) is 13.8 Å². The van der Waals surface area contributed by atoms with Crippen molar-refractivity contribution in [1.82, 2.24) is 15.0 Å². The SMILES string of the molecule is CNc1nc(C(C)C)nc(-c2cncc(OC)c2)c1C. The molecular weight excluding hydrogens is 252 g/mol. The quantitative estimate of drug-likeness (QED) is 0.927. The molecule has 20 heavy (non-hydrogen) atoms. The van der Waals surface area contributed by atoms with Crippen LogP contribution in [0.1, 0.15) is 31.2 Å². The van der Waals surface area contributed by atoms with E-state index in [1.807, 2.05) is 20.0 Å². The Morgan fingerprint density at radius 2 is 1.95 bits per heavy atom. The van der Waals surface area contributed by atoms with E-state index in [9.17, 15) is 0 Å². The van der Waals surface area contributed by atoms with Crippen molar-refractivity contribution in [3.8, 4) is 17.0 Å². The Hall–Kier alpha value is -2.17. The number of hydrogen-bond acceptors (Lipinski definition) is 5. The van der Waals surface area contributed by atoms with Gasteiger partial charge in [-0.25, -0.2) is 9.97 Å². The third-order valence-corrected chi connectivity index (χ3v) is 3.14. The summed E-state index contributed by atoms with van der Waals surface area (Å²) in [7, 11) is 3.50. The lowest BCUT2D eigenvalue weighted by Gasteiger charge is -2.14. The molecule has 2 heterocycles. The van der Waals surface area contributed by atoms with Gasteiger partial charge in [-0.2, -0.15) is 0 Å². The maximum absolute atomic E-state index is 5.23. The Labute approximate surface area is 119 Å². The van der Waals surface area contributed by atoms with Gasteiger partial charge < -0.3 is 10.1 Å². The molecule has 5 heteroatoms. The molecule has 0 saturated heterocycles. The molecule has 2 aromatic heterocycles. The first-order chi connectivity index (χ1) is 9.56. The van der Waals surface area contributed by atoms with Crippen molar-refractivity contribution in [3.63, 3.8) is 0 Å². The third-order valence-electron chi connectivity index (χ3n) is 3.14. The van der Waals surface area contributed by atoms with Crippen LogP contribution in [0, 0.1) is 6.92 Å². The van der Waals surface area contributed by atoms with Gasteiger partial charge in [-0.05, 0) is 13.0 Å². The number of anilines is 1. The van der Waals surface area contributed by atoms with Gasteiger partial charge in [0.25, 0.3) is 0 Å². The zero-order chi connectivity index (χ0) is 14.7. The van der Waals surface area contributed by atoms with Crippen LogP contribution in [0.5, 0.6) is 5.75 Å². The van der Waals surface area contributed by atoms with Gasteiger partial charge in [-0.15, -0.1) is 0 Å². The molecule has 1 N–H and O–H groups in total. The molecule has 5 nitrogen and oxygen atoms in total. The third kappa shape index (κ3) is 2.71. The average Bonchev–Trinajstić information content (AvgIpc) is 2.47. The second-order valence-electron chi connectivity index (χ2n) is 4.92. The summed E-state index contributed by atoms with van der Waals surface area (Å²) in [5, 5.41) is 3.13. The smallest absolute Gasteiger partial charge is 0.137 e. The number of pyridine rings is 1. The summed E-state index contributed by atoms with van der Waals surface area (Å²) >= 11 is 0. The molecule has 0 fully saturated rings. The first-order valence-electron chi connectivity index (χ1n) is 6.62. The molecule has 0 atom stereocenters. The summed E-state index contributed by atoms with van der Waals surface area (Å²) in [5.41, 5.74) is 2.83. The fourth-order valence-electron chi connectivity index (χ4n) is 1.98. The maximum Gasteiger partial charge on any atom is 0.137 e. The van der Waals surface area contributed by atoms with E-state index in [2.05, 4.69) is 34.1 Å². The van der Waals surface area contributed by atoms with Crippen LogP contribution >= 0.6 is 0 Å². The highest BCUT2D eigenvalue weighted by atomic mass is 16.5. The molecule has 0 aliphatic carbocycles. The summed E-state index contributed by atoms with van der Waals surface area (Å²) < 4.78 is 5.23. The minimum Gasteiger partial charge on any atom is -0.495 e. The van der Waals surface area contributed by atoms with Gasteiger partial charge in [0.15, 0.2) is 0 Å². The number of rotatable bonds is 4. The highest BCUT2D eigenvalue weighted by molar-refractivity contribution is 5.68. The van der Waals surface area contributed by atoms with E-state index in [-0.39, 0.29) is 5.92 Å². The minimum absolute atomic E-state index is 0.264. The Bertz CT molecular complexity index is 611. The van der Waals surface area contributed by atoms with Crippen molar-refractivity contribution in [2.24, 2.45) is 0 Å². The largest absolute Gasteiger partial charge is 0.495 e. The zero-order valence-corrected chi connectivity index (χ0v) is 12.6. The molecule has 0 saturated carbocycles. The fourth-order valence-corrected chi connectivity index (χ4v) is 1.98. The van der Waals surface area contributed by atoms with E-state index in [1.165, 1.54) is 0 Å². The van der Waals surface area contributed by atoms with E-state index in [0.717, 1.165) is 34.2 Å². The van der Waals surface area contributed by atoms with Gasteiger partial charge in [0.2, 0.25) is 0 Å². The maximum atomic E-state index is 5.23. The van der Waals surface area contributed by atoms with E-state index >= 15 is 0 Å². The lowest BCUT2D eigenvalue weighted by atomic mass is 10.1. The first-order valence-corrected chi connectivity index (χ1v) is 6.62. The summed E-state index contributed by atoms with van der Waals surface area (Å²) in [6, 6.07) is 1.94. The first kappa shape index (κ1) is 14.2. The molecule has 0 spiro atoms. The Morgan fingerprint density at radius 3 is 2.55 bits per heavy atom. The molecule has 2 aromatic rings. The van der Waals surface area contributed by atoms with Crippen LogP contribution in [0.3, 0.4) is 0 Å². The highest BCUT2D eigenvalue weighted by Gasteiger charge is 2.14. The second kappa shape index (κ2) is 5.86. The molecule has 2 rings (SSSR count). The van der Waals surface area contributed by atoms with Gasteiger partial charge in [0.1, 0.15) is 17.4 Å². The second-order valence-corrected chi connectivity index (χ2v) is 4.92. The van der Waals surface area contributed by atoms with Crippen LogP contribution in [0.15, 0.2) is 18.5 Å². The van der Waals surface area contributed by atoms with E-state index < -0.39 is 0 Å². The van der Waals surface area contributed by atoms with Gasteiger partial charge in [0, 0.05) is 30.3 Å². The molecule has 0 bridgehead atoms. The molecule has 0 unspecified atom stereocenters. The van der Waals surface area contributed by atoms with Crippen molar-refractivity contribution in [2.45, 2.75) is 26.7 Å². The Kier molecular flexibility index (Phi) is 4.17. The number of methoxy groups -OCH3 is 1. The van der Waals surface area contributed by atoms with E-state index in [0.29, 0.717) is 0 Å². The summed E-state index contributed by atoms with van der Waals surface area (Å²) in [6.07, 6.45) is 3.48. The predicted molar refractivity (Wildman–Crippen MR) is 80.2 cm³/mol. The molecule has 0 aromatic carbocycles.